The van der Waals surface area contributed by atoms with E-state index in [9.17, 15) is 19.6 Å². The van der Waals surface area contributed by atoms with E-state index < -0.39 is 44.3 Å². The fourth-order valence-corrected chi connectivity index (χ4v) is 4.82. The molecule has 1 saturated heterocycles. The van der Waals surface area contributed by atoms with Crippen LogP contribution in [0.3, 0.4) is 0 Å². The molecule has 174 valence electrons. The molecule has 5 atom stereocenters. The number of fused-ring (bicyclic) bond motifs is 1. The van der Waals surface area contributed by atoms with Crippen molar-refractivity contribution in [2.45, 2.75) is 37.8 Å². The number of halogens is 1. The molecular weight excluding hydrogens is 470 g/mol. The van der Waals surface area contributed by atoms with Crippen LogP contribution in [-0.2, 0) is 25.0 Å². The van der Waals surface area contributed by atoms with Crippen molar-refractivity contribution in [2.24, 2.45) is 0 Å². The molecule has 1 aromatic heterocycles. The van der Waals surface area contributed by atoms with E-state index in [0.717, 1.165) is 4.57 Å². The van der Waals surface area contributed by atoms with Crippen LogP contribution in [0.4, 0.5) is 4.39 Å². The van der Waals surface area contributed by atoms with Crippen LogP contribution in [0.15, 0.2) is 29.2 Å². The molecule has 0 aliphatic carbocycles. The number of nitrogens with one attached hydrogen (secondary N) is 1. The molecule has 0 spiro atoms. The lowest BCUT2D eigenvalue weighted by molar-refractivity contribution is -0.205. The Bertz CT molecular complexity index is 1190. The van der Waals surface area contributed by atoms with Gasteiger partial charge in [-0.15, -0.1) is 0 Å². The van der Waals surface area contributed by atoms with E-state index in [-0.39, 0.29) is 28.4 Å². The molecule has 3 N–H and O–H groups in total. The molecule has 14 heteroatoms. The molecule has 0 amide bonds. The third-order valence-corrected chi connectivity index (χ3v) is 6.68. The topological polar surface area (TPSA) is 141 Å². The SMILES string of the molecule is COc1cccc2c1OP(=O)(OC[C@@]1(F)O[C@@H](n3cc(C)c(=O)[nH]c3=S)[C@H](O)[C@@H]1O)OC2. The zero-order chi connectivity index (χ0) is 23.3. The average molecular weight is 490 g/mol. The van der Waals surface area contributed by atoms with Crippen molar-refractivity contribution in [3.8, 4) is 11.5 Å². The fraction of sp³-hybridized carbons (Fsp3) is 0.444. The van der Waals surface area contributed by atoms with Gasteiger partial charge in [-0.3, -0.25) is 23.4 Å². The van der Waals surface area contributed by atoms with E-state index in [4.69, 9.17) is 35.3 Å². The Morgan fingerprint density at radius 1 is 1.44 bits per heavy atom. The summed E-state index contributed by atoms with van der Waals surface area (Å²) in [4.78, 5) is 14.0. The number of alkyl halides is 1. The van der Waals surface area contributed by atoms with Crippen LogP contribution in [0.2, 0.25) is 0 Å². The molecule has 3 heterocycles. The number of nitrogens with zero attached hydrogens (tertiary/aromatic N) is 1. The number of methoxy groups -OCH3 is 1. The van der Waals surface area contributed by atoms with E-state index in [2.05, 4.69) is 4.98 Å². The molecule has 0 bridgehead atoms. The van der Waals surface area contributed by atoms with Gasteiger partial charge in [0, 0.05) is 17.3 Å². The largest absolute Gasteiger partial charge is 0.530 e. The minimum absolute atomic E-state index is 0.123. The van der Waals surface area contributed by atoms with E-state index in [1.54, 1.807) is 18.2 Å². The van der Waals surface area contributed by atoms with Crippen molar-refractivity contribution in [3.05, 3.63) is 50.6 Å². The third-order valence-electron chi connectivity index (χ3n) is 5.08. The standard InChI is InChI=1S/C18H20FN2O9PS/c1-9-6-21(17(32)20-15(9)24)16-12(22)14(23)18(19,29-16)8-28-31(25)27-7-10-4-3-5-11(26-2)13(10)30-31/h3-6,12,14,16,22-23H,7-8H2,1-2H3,(H,20,24,32)/t12-,14+,16-,18-,31?/m1/s1. The number of hydrogen-bond acceptors (Lipinski definition) is 10. The lowest BCUT2D eigenvalue weighted by Crippen LogP contribution is -2.43. The highest BCUT2D eigenvalue weighted by atomic mass is 32.1. The van der Waals surface area contributed by atoms with Crippen molar-refractivity contribution in [2.75, 3.05) is 13.7 Å². The van der Waals surface area contributed by atoms with Gasteiger partial charge in [-0.2, -0.15) is 0 Å². The molecular formula is C18H20FN2O9PS. The lowest BCUT2D eigenvalue weighted by Gasteiger charge is -2.29. The maximum atomic E-state index is 15.4. The van der Waals surface area contributed by atoms with Gasteiger partial charge in [-0.25, -0.2) is 8.96 Å². The first-order chi connectivity index (χ1) is 15.1. The van der Waals surface area contributed by atoms with Crippen molar-refractivity contribution in [1.29, 1.82) is 0 Å². The van der Waals surface area contributed by atoms with Gasteiger partial charge in [-0.05, 0) is 25.2 Å². The predicted molar refractivity (Wildman–Crippen MR) is 109 cm³/mol. The number of para-hydroxylation sites is 1. The zero-order valence-electron chi connectivity index (χ0n) is 16.9. The maximum absolute atomic E-state index is 15.4. The number of phosphoric ester groups is 1. The lowest BCUT2D eigenvalue weighted by atomic mass is 10.1. The van der Waals surface area contributed by atoms with Crippen molar-refractivity contribution < 1.29 is 42.2 Å². The quantitative estimate of drug-likeness (QED) is 0.420. The fourth-order valence-electron chi connectivity index (χ4n) is 3.32. The summed E-state index contributed by atoms with van der Waals surface area (Å²) in [7, 11) is -2.92. The Balaban J connectivity index is 1.53. The maximum Gasteiger partial charge on any atom is 0.530 e. The number of aliphatic hydroxyl groups is 2. The number of aromatic amines is 1. The van der Waals surface area contributed by atoms with Crippen LogP contribution in [0, 0.1) is 11.7 Å². The number of H-pyrrole nitrogens is 1. The Morgan fingerprint density at radius 2 is 2.19 bits per heavy atom. The first-order valence-electron chi connectivity index (χ1n) is 9.36. The van der Waals surface area contributed by atoms with Crippen LogP contribution < -0.4 is 14.8 Å². The second-order valence-corrected chi connectivity index (χ2v) is 9.22. The molecule has 2 aliphatic rings. The number of hydrogen-bond donors (Lipinski definition) is 3. The first-order valence-corrected chi connectivity index (χ1v) is 11.2. The van der Waals surface area contributed by atoms with E-state index in [0.29, 0.717) is 5.56 Å². The Hall–Kier alpha value is -2.12. The number of ether oxygens (including phenoxy) is 2. The molecule has 4 rings (SSSR count). The summed E-state index contributed by atoms with van der Waals surface area (Å²) in [6.07, 6.45) is -4.11. The molecule has 0 saturated carbocycles. The molecule has 1 aromatic carbocycles. The Labute approximate surface area is 185 Å². The molecule has 2 aliphatic heterocycles. The summed E-state index contributed by atoms with van der Waals surface area (Å²) >= 11 is 5.03. The molecule has 0 radical (unpaired) electrons. The third kappa shape index (κ3) is 4.01. The van der Waals surface area contributed by atoms with Crippen molar-refractivity contribution >= 4 is 20.0 Å². The predicted octanol–water partition coefficient (Wildman–Crippen LogP) is 1.87. The second-order valence-electron chi connectivity index (χ2n) is 7.24. The second kappa shape index (κ2) is 8.34. The highest BCUT2D eigenvalue weighted by Gasteiger charge is 2.57. The number of rotatable bonds is 5. The van der Waals surface area contributed by atoms with Gasteiger partial charge in [0.2, 0.25) is 0 Å². The molecule has 1 fully saturated rings. The number of aryl methyl sites for hydroxylation is 1. The number of phosphoric acid groups is 1. The van der Waals surface area contributed by atoms with Crippen LogP contribution in [-0.4, -0.2) is 51.5 Å². The summed E-state index contributed by atoms with van der Waals surface area (Å²) in [6, 6.07) is 4.93. The number of aromatic nitrogens is 2. The van der Waals surface area contributed by atoms with Crippen molar-refractivity contribution in [1.82, 2.24) is 9.55 Å². The van der Waals surface area contributed by atoms with Gasteiger partial charge in [-0.1, -0.05) is 12.1 Å². The van der Waals surface area contributed by atoms with Crippen LogP contribution in [0.5, 0.6) is 11.5 Å². The molecule has 11 nitrogen and oxygen atoms in total. The molecule has 32 heavy (non-hydrogen) atoms. The van der Waals surface area contributed by atoms with Gasteiger partial charge in [0.05, 0.1) is 13.7 Å². The summed E-state index contributed by atoms with van der Waals surface area (Å²) in [5, 5.41) is 20.6. The van der Waals surface area contributed by atoms with Gasteiger partial charge in [0.1, 0.15) is 18.8 Å². The van der Waals surface area contributed by atoms with Gasteiger partial charge < -0.3 is 24.2 Å². The smallest absolute Gasteiger partial charge is 0.493 e. The van der Waals surface area contributed by atoms with E-state index >= 15 is 4.39 Å². The highest BCUT2D eigenvalue weighted by molar-refractivity contribution is 7.71. The van der Waals surface area contributed by atoms with Crippen LogP contribution in [0.1, 0.15) is 17.4 Å². The molecule has 1 unspecified atom stereocenters. The van der Waals surface area contributed by atoms with E-state index in [1.165, 1.54) is 20.2 Å². The Morgan fingerprint density at radius 3 is 2.91 bits per heavy atom. The average Bonchev–Trinajstić information content (AvgIpc) is 2.99. The Kier molecular flexibility index (Phi) is 6.01. The summed E-state index contributed by atoms with van der Waals surface area (Å²) in [5.74, 6) is -2.59. The summed E-state index contributed by atoms with van der Waals surface area (Å²) in [5.41, 5.74) is 0.303. The zero-order valence-corrected chi connectivity index (χ0v) is 18.6. The normalized spacial score (nSPS) is 31.7. The number of benzene rings is 1. The van der Waals surface area contributed by atoms with Crippen LogP contribution >= 0.6 is 20.0 Å². The number of aliphatic hydroxyl groups excluding tert-OH is 2. The minimum atomic E-state index is -4.31. The van der Waals surface area contributed by atoms with Gasteiger partial charge in [0.15, 0.2) is 22.5 Å². The summed E-state index contributed by atoms with van der Waals surface area (Å²) in [6.45, 7) is 0.228. The molecule has 2 aromatic rings. The van der Waals surface area contributed by atoms with Crippen molar-refractivity contribution in [3.63, 3.8) is 0 Å². The highest BCUT2D eigenvalue weighted by Crippen LogP contribution is 2.57. The summed E-state index contributed by atoms with van der Waals surface area (Å²) < 4.78 is 55.2. The first kappa shape index (κ1) is 23.1. The monoisotopic (exact) mass is 490 g/mol. The van der Waals surface area contributed by atoms with Gasteiger partial charge >= 0.3 is 7.82 Å². The minimum Gasteiger partial charge on any atom is -0.493 e. The van der Waals surface area contributed by atoms with E-state index in [1.807, 2.05) is 0 Å². The van der Waals surface area contributed by atoms with Gasteiger partial charge in [0.25, 0.3) is 11.4 Å². The van der Waals surface area contributed by atoms with Crippen LogP contribution in [0.25, 0.3) is 0 Å².